The third-order valence-corrected chi connectivity index (χ3v) is 5.02. The van der Waals surface area contributed by atoms with E-state index in [1.54, 1.807) is 18.5 Å². The van der Waals surface area contributed by atoms with Gasteiger partial charge in [0, 0.05) is 32.4 Å². The van der Waals surface area contributed by atoms with Crippen molar-refractivity contribution in [3.05, 3.63) is 60.2 Å². The molecule has 140 valence electrons. The molecule has 0 unspecified atom stereocenters. The molecule has 2 aromatic carbocycles. The molecule has 1 aromatic heterocycles. The Kier molecular flexibility index (Phi) is 5.05. The fourth-order valence-electron chi connectivity index (χ4n) is 3.48. The number of ether oxygens (including phenoxy) is 1. The molecule has 0 radical (unpaired) electrons. The minimum atomic E-state index is -0.269. The van der Waals surface area contributed by atoms with Crippen LogP contribution in [0.5, 0.6) is 5.75 Å². The molecule has 1 aliphatic heterocycles. The molecule has 0 saturated carbocycles. The highest BCUT2D eigenvalue weighted by molar-refractivity contribution is 5.77. The Hall–Kier alpha value is -2.89. The molecule has 1 N–H and O–H groups in total. The maximum absolute atomic E-state index is 13.0. The molecule has 1 amide bonds. The summed E-state index contributed by atoms with van der Waals surface area (Å²) in [5, 5.41) is 0. The predicted molar refractivity (Wildman–Crippen MR) is 101 cm³/mol. The average Bonchev–Trinajstić information content (AvgIpc) is 3.16. The van der Waals surface area contributed by atoms with Crippen molar-refractivity contribution in [2.75, 3.05) is 13.1 Å². The Morgan fingerprint density at radius 2 is 1.96 bits per heavy atom. The van der Waals surface area contributed by atoms with Crippen molar-refractivity contribution >= 4 is 16.9 Å². The number of carbonyl (C=O) groups excluding carboxylic acids is 1. The van der Waals surface area contributed by atoms with Gasteiger partial charge in [-0.05, 0) is 48.4 Å². The predicted octanol–water partition coefficient (Wildman–Crippen LogP) is 3.70. The summed E-state index contributed by atoms with van der Waals surface area (Å²) < 4.78 is 18.8. The van der Waals surface area contributed by atoms with Gasteiger partial charge in [-0.25, -0.2) is 9.37 Å². The molecule has 0 aliphatic carbocycles. The van der Waals surface area contributed by atoms with Crippen LogP contribution >= 0.6 is 0 Å². The monoisotopic (exact) mass is 367 g/mol. The number of imidazole rings is 1. The lowest BCUT2D eigenvalue weighted by atomic mass is 10.1. The number of aromatic nitrogens is 2. The largest absolute Gasteiger partial charge is 0.490 e. The highest BCUT2D eigenvalue weighted by Gasteiger charge is 2.23. The molecule has 5 nitrogen and oxygen atoms in total. The third kappa shape index (κ3) is 4.27. The van der Waals surface area contributed by atoms with Gasteiger partial charge in [-0.1, -0.05) is 6.07 Å². The Morgan fingerprint density at radius 1 is 1.19 bits per heavy atom. The summed E-state index contributed by atoms with van der Waals surface area (Å²) in [6.07, 6.45) is 4.56. The van der Waals surface area contributed by atoms with Gasteiger partial charge in [0.25, 0.3) is 0 Å². The van der Waals surface area contributed by atoms with Crippen molar-refractivity contribution in [1.29, 1.82) is 0 Å². The van der Waals surface area contributed by atoms with Gasteiger partial charge in [0.05, 0.1) is 17.4 Å². The Morgan fingerprint density at radius 3 is 2.74 bits per heavy atom. The van der Waals surface area contributed by atoms with Crippen LogP contribution in [-0.2, 0) is 11.2 Å². The van der Waals surface area contributed by atoms with E-state index in [1.165, 1.54) is 12.1 Å². The van der Waals surface area contributed by atoms with Crippen LogP contribution in [0.25, 0.3) is 11.0 Å². The number of hydrogen-bond donors (Lipinski definition) is 1. The lowest BCUT2D eigenvalue weighted by molar-refractivity contribution is -0.132. The van der Waals surface area contributed by atoms with Crippen LogP contribution < -0.4 is 4.74 Å². The van der Waals surface area contributed by atoms with Crippen molar-refractivity contribution in [3.63, 3.8) is 0 Å². The zero-order valence-electron chi connectivity index (χ0n) is 15.0. The third-order valence-electron chi connectivity index (χ3n) is 5.02. The summed E-state index contributed by atoms with van der Waals surface area (Å²) >= 11 is 0. The molecule has 0 atom stereocenters. The fourth-order valence-corrected chi connectivity index (χ4v) is 3.48. The van der Waals surface area contributed by atoms with Gasteiger partial charge in [-0.2, -0.15) is 0 Å². The number of halogens is 1. The minimum Gasteiger partial charge on any atom is -0.490 e. The van der Waals surface area contributed by atoms with Crippen molar-refractivity contribution in [2.45, 2.75) is 31.8 Å². The van der Waals surface area contributed by atoms with E-state index in [-0.39, 0.29) is 17.8 Å². The van der Waals surface area contributed by atoms with Crippen molar-refractivity contribution in [1.82, 2.24) is 14.9 Å². The van der Waals surface area contributed by atoms with E-state index in [0.29, 0.717) is 25.3 Å². The normalized spacial score (nSPS) is 15.2. The highest BCUT2D eigenvalue weighted by Crippen LogP contribution is 2.20. The van der Waals surface area contributed by atoms with E-state index in [9.17, 15) is 9.18 Å². The zero-order chi connectivity index (χ0) is 18.6. The molecular weight excluding hydrogens is 345 g/mol. The van der Waals surface area contributed by atoms with Gasteiger partial charge in [-0.15, -0.1) is 0 Å². The Bertz CT molecular complexity index is 915. The first kappa shape index (κ1) is 17.5. The molecule has 3 aromatic rings. The number of fused-ring (bicyclic) bond motifs is 1. The maximum atomic E-state index is 13.0. The SMILES string of the molecule is O=C(CCc1ccc2nc[nH]c2c1)N1CCC(Oc2ccc(F)cc2)CC1. The lowest BCUT2D eigenvalue weighted by Crippen LogP contribution is -2.41. The molecule has 6 heteroatoms. The number of carbonyl (C=O) groups is 1. The number of benzene rings is 2. The average molecular weight is 367 g/mol. The van der Waals surface area contributed by atoms with E-state index in [1.807, 2.05) is 17.0 Å². The minimum absolute atomic E-state index is 0.0716. The first-order chi connectivity index (χ1) is 13.2. The second-order valence-corrected chi connectivity index (χ2v) is 6.91. The molecule has 0 bridgehead atoms. The van der Waals surface area contributed by atoms with Crippen molar-refractivity contribution in [2.24, 2.45) is 0 Å². The number of hydrogen-bond acceptors (Lipinski definition) is 3. The first-order valence-corrected chi connectivity index (χ1v) is 9.29. The number of nitrogens with zero attached hydrogens (tertiary/aromatic N) is 2. The van der Waals surface area contributed by atoms with Gasteiger partial charge < -0.3 is 14.6 Å². The number of aromatic amines is 1. The summed E-state index contributed by atoms with van der Waals surface area (Å²) in [6.45, 7) is 1.40. The maximum Gasteiger partial charge on any atom is 0.222 e. The van der Waals surface area contributed by atoms with E-state index >= 15 is 0 Å². The zero-order valence-corrected chi connectivity index (χ0v) is 15.0. The first-order valence-electron chi connectivity index (χ1n) is 9.29. The molecule has 1 saturated heterocycles. The molecule has 1 fully saturated rings. The van der Waals surface area contributed by atoms with Gasteiger partial charge >= 0.3 is 0 Å². The van der Waals surface area contributed by atoms with E-state index in [2.05, 4.69) is 16.0 Å². The summed E-state index contributed by atoms with van der Waals surface area (Å²) in [7, 11) is 0. The van der Waals surface area contributed by atoms with Crippen LogP contribution in [0.3, 0.4) is 0 Å². The van der Waals surface area contributed by atoms with Gasteiger partial charge in [-0.3, -0.25) is 4.79 Å². The summed E-state index contributed by atoms with van der Waals surface area (Å²) in [5.41, 5.74) is 3.07. The lowest BCUT2D eigenvalue weighted by Gasteiger charge is -2.32. The topological polar surface area (TPSA) is 58.2 Å². The standard InChI is InChI=1S/C21H22FN3O2/c22-16-3-5-17(6-4-16)27-18-9-11-25(12-10-18)21(26)8-2-15-1-7-19-20(13-15)24-14-23-19/h1,3-7,13-14,18H,2,8-12H2,(H,23,24). The van der Waals surface area contributed by atoms with Gasteiger partial charge in [0.2, 0.25) is 5.91 Å². The Labute approximate surface area is 157 Å². The second kappa shape index (κ2) is 7.78. The summed E-state index contributed by atoms with van der Waals surface area (Å²) in [4.78, 5) is 21.7. The molecule has 4 rings (SSSR count). The van der Waals surface area contributed by atoms with E-state index in [0.717, 1.165) is 35.9 Å². The van der Waals surface area contributed by atoms with E-state index in [4.69, 9.17) is 4.74 Å². The molecule has 1 aliphatic rings. The van der Waals surface area contributed by atoms with E-state index < -0.39 is 0 Å². The number of aryl methyl sites for hydroxylation is 1. The van der Waals surface area contributed by atoms with Crippen LogP contribution in [0, 0.1) is 5.82 Å². The molecule has 27 heavy (non-hydrogen) atoms. The highest BCUT2D eigenvalue weighted by atomic mass is 19.1. The van der Waals surface area contributed by atoms with Crippen molar-refractivity contribution in [3.8, 4) is 5.75 Å². The van der Waals surface area contributed by atoms with Crippen LogP contribution in [0.4, 0.5) is 4.39 Å². The van der Waals surface area contributed by atoms with Crippen LogP contribution in [0.15, 0.2) is 48.8 Å². The molecule has 0 spiro atoms. The number of rotatable bonds is 5. The second-order valence-electron chi connectivity index (χ2n) is 6.91. The number of nitrogens with one attached hydrogen (secondary N) is 1. The van der Waals surface area contributed by atoms with Crippen LogP contribution in [0.1, 0.15) is 24.8 Å². The number of piperidine rings is 1. The number of H-pyrrole nitrogens is 1. The van der Waals surface area contributed by atoms with Crippen molar-refractivity contribution < 1.29 is 13.9 Å². The molecular formula is C21H22FN3O2. The van der Waals surface area contributed by atoms with Gasteiger partial charge in [0.15, 0.2) is 0 Å². The van der Waals surface area contributed by atoms with Crippen LogP contribution in [-0.4, -0.2) is 40.0 Å². The summed E-state index contributed by atoms with van der Waals surface area (Å²) in [5.74, 6) is 0.588. The number of likely N-dealkylation sites (tertiary alicyclic amines) is 1. The molecule has 2 heterocycles. The van der Waals surface area contributed by atoms with Crippen LogP contribution in [0.2, 0.25) is 0 Å². The Balaban J connectivity index is 1.25. The smallest absolute Gasteiger partial charge is 0.222 e. The fraction of sp³-hybridized carbons (Fsp3) is 0.333. The van der Waals surface area contributed by atoms with Gasteiger partial charge in [0.1, 0.15) is 17.7 Å². The summed E-state index contributed by atoms with van der Waals surface area (Å²) in [6, 6.07) is 12.1. The quantitative estimate of drug-likeness (QED) is 0.748. The number of amides is 1.